The lowest BCUT2D eigenvalue weighted by Gasteiger charge is -2.07. The van der Waals surface area contributed by atoms with Crippen LogP contribution in [0.25, 0.3) is 0 Å². The predicted octanol–water partition coefficient (Wildman–Crippen LogP) is 3.80. The Balaban J connectivity index is 1.75. The second kappa shape index (κ2) is 7.48. The van der Waals surface area contributed by atoms with Gasteiger partial charge in [0, 0.05) is 10.4 Å². The Morgan fingerprint density at radius 1 is 1.32 bits per heavy atom. The van der Waals surface area contributed by atoms with Crippen molar-refractivity contribution in [3.63, 3.8) is 0 Å². The molecule has 0 spiro atoms. The predicted molar refractivity (Wildman–Crippen MR) is 78.1 cm³/mol. The van der Waals surface area contributed by atoms with Crippen molar-refractivity contribution in [2.24, 2.45) is 5.92 Å². The van der Waals surface area contributed by atoms with Gasteiger partial charge in [0.1, 0.15) is 5.76 Å². The zero-order valence-electron chi connectivity index (χ0n) is 11.5. The summed E-state index contributed by atoms with van der Waals surface area (Å²) < 4.78 is 11.2. The van der Waals surface area contributed by atoms with Crippen LogP contribution < -0.4 is 5.32 Å². The molecule has 0 saturated heterocycles. The molecule has 0 radical (unpaired) electrons. The number of thiophene rings is 1. The molecule has 0 aliphatic heterocycles. The van der Waals surface area contributed by atoms with Crippen LogP contribution in [0.5, 0.6) is 0 Å². The maximum absolute atomic E-state index is 5.71. The Labute approximate surface area is 118 Å². The van der Waals surface area contributed by atoms with Crippen molar-refractivity contribution >= 4 is 11.3 Å². The minimum absolute atomic E-state index is 0.604. The Bertz CT molecular complexity index is 462. The summed E-state index contributed by atoms with van der Waals surface area (Å²) in [5.74, 6) is 1.63. The molecule has 0 aromatic carbocycles. The van der Waals surface area contributed by atoms with Crippen LogP contribution in [0.2, 0.25) is 0 Å². The van der Waals surface area contributed by atoms with Gasteiger partial charge in [0.15, 0.2) is 0 Å². The van der Waals surface area contributed by atoms with E-state index in [9.17, 15) is 0 Å². The average molecular weight is 279 g/mol. The lowest BCUT2D eigenvalue weighted by molar-refractivity contribution is 0.108. The van der Waals surface area contributed by atoms with Crippen molar-refractivity contribution in [3.05, 3.63) is 46.0 Å². The summed E-state index contributed by atoms with van der Waals surface area (Å²) in [4.78, 5) is 1.25. The minimum atomic E-state index is 0.604. The van der Waals surface area contributed by atoms with E-state index in [-0.39, 0.29) is 0 Å². The smallest absolute Gasteiger partial charge is 0.123 e. The van der Waals surface area contributed by atoms with Crippen LogP contribution in [0.4, 0.5) is 0 Å². The van der Waals surface area contributed by atoms with Crippen LogP contribution in [-0.4, -0.2) is 6.54 Å². The molecule has 0 fully saturated rings. The fourth-order valence-corrected chi connectivity index (χ4v) is 2.42. The third kappa shape index (κ3) is 4.82. The molecule has 0 bridgehead atoms. The van der Waals surface area contributed by atoms with Crippen molar-refractivity contribution in [2.45, 2.75) is 33.6 Å². The first-order valence-electron chi connectivity index (χ1n) is 6.62. The topological polar surface area (TPSA) is 34.4 Å². The number of hydrogen-bond donors (Lipinski definition) is 1. The highest BCUT2D eigenvalue weighted by molar-refractivity contribution is 7.09. The second-order valence-electron chi connectivity index (χ2n) is 4.97. The van der Waals surface area contributed by atoms with E-state index in [1.54, 1.807) is 17.6 Å². The summed E-state index contributed by atoms with van der Waals surface area (Å²) in [7, 11) is 0. The van der Waals surface area contributed by atoms with Crippen LogP contribution in [0.15, 0.2) is 34.3 Å². The molecule has 4 heteroatoms. The highest BCUT2D eigenvalue weighted by Gasteiger charge is 2.06. The van der Waals surface area contributed by atoms with Gasteiger partial charge in [-0.1, -0.05) is 19.9 Å². The summed E-state index contributed by atoms with van der Waals surface area (Å²) in [6.07, 6.45) is 1.73. The van der Waals surface area contributed by atoms with Gasteiger partial charge in [-0.05, 0) is 30.0 Å². The van der Waals surface area contributed by atoms with Crippen molar-refractivity contribution in [1.29, 1.82) is 0 Å². The summed E-state index contributed by atoms with van der Waals surface area (Å²) in [5, 5.41) is 5.45. The van der Waals surface area contributed by atoms with Gasteiger partial charge in [-0.25, -0.2) is 0 Å². The first kappa shape index (κ1) is 14.3. The number of nitrogens with one attached hydrogen (secondary N) is 1. The van der Waals surface area contributed by atoms with Crippen LogP contribution in [0.3, 0.4) is 0 Å². The summed E-state index contributed by atoms with van der Waals surface area (Å²) in [6.45, 7) is 7.42. The number of ether oxygens (including phenoxy) is 1. The zero-order chi connectivity index (χ0) is 13.5. The van der Waals surface area contributed by atoms with Gasteiger partial charge >= 0.3 is 0 Å². The number of hydrogen-bond acceptors (Lipinski definition) is 4. The van der Waals surface area contributed by atoms with Crippen LogP contribution in [-0.2, 0) is 24.5 Å². The van der Waals surface area contributed by atoms with Crippen molar-refractivity contribution in [1.82, 2.24) is 5.32 Å². The maximum atomic E-state index is 5.71. The molecular weight excluding hydrogens is 258 g/mol. The minimum Gasteiger partial charge on any atom is -0.468 e. The maximum Gasteiger partial charge on any atom is 0.123 e. The van der Waals surface area contributed by atoms with E-state index in [1.165, 1.54) is 4.88 Å². The largest absolute Gasteiger partial charge is 0.468 e. The van der Waals surface area contributed by atoms with Crippen molar-refractivity contribution in [3.8, 4) is 0 Å². The quantitative estimate of drug-likeness (QED) is 0.798. The Morgan fingerprint density at radius 3 is 2.95 bits per heavy atom. The van der Waals surface area contributed by atoms with E-state index in [0.29, 0.717) is 19.1 Å². The number of furan rings is 1. The fraction of sp³-hybridized carbons (Fsp3) is 0.467. The van der Waals surface area contributed by atoms with Gasteiger partial charge in [0.2, 0.25) is 0 Å². The summed E-state index contributed by atoms with van der Waals surface area (Å²) in [6, 6.07) is 6.12. The highest BCUT2D eigenvalue weighted by atomic mass is 32.1. The molecule has 0 aliphatic carbocycles. The summed E-state index contributed by atoms with van der Waals surface area (Å²) in [5.41, 5.74) is 1.13. The Morgan fingerprint density at radius 2 is 2.21 bits per heavy atom. The van der Waals surface area contributed by atoms with E-state index >= 15 is 0 Å². The average Bonchev–Trinajstić information content (AvgIpc) is 3.01. The SMILES string of the molecule is CC(C)CNCc1occc1COCc1cccs1. The molecule has 0 atom stereocenters. The Hall–Kier alpha value is -1.10. The standard InChI is InChI=1S/C15H21NO2S/c1-12(2)8-16-9-15-13(5-6-18-15)10-17-11-14-4-3-7-19-14/h3-7,12,16H,8-11H2,1-2H3. The zero-order valence-corrected chi connectivity index (χ0v) is 12.3. The Kier molecular flexibility index (Phi) is 5.63. The lowest BCUT2D eigenvalue weighted by Crippen LogP contribution is -2.19. The van der Waals surface area contributed by atoms with Crippen LogP contribution in [0, 0.1) is 5.92 Å². The van der Waals surface area contributed by atoms with E-state index < -0.39 is 0 Å². The molecule has 3 nitrogen and oxygen atoms in total. The molecule has 0 aliphatic rings. The number of rotatable bonds is 8. The van der Waals surface area contributed by atoms with E-state index in [2.05, 4.69) is 30.6 Å². The van der Waals surface area contributed by atoms with Crippen LogP contribution >= 0.6 is 11.3 Å². The van der Waals surface area contributed by atoms with E-state index in [0.717, 1.165) is 24.4 Å². The molecule has 104 valence electrons. The fourth-order valence-electron chi connectivity index (χ4n) is 1.78. The van der Waals surface area contributed by atoms with Gasteiger partial charge in [-0.2, -0.15) is 0 Å². The van der Waals surface area contributed by atoms with Crippen molar-refractivity contribution < 1.29 is 9.15 Å². The molecule has 19 heavy (non-hydrogen) atoms. The van der Waals surface area contributed by atoms with Gasteiger partial charge in [-0.3, -0.25) is 0 Å². The molecule has 0 saturated carbocycles. The first-order valence-corrected chi connectivity index (χ1v) is 7.49. The second-order valence-corrected chi connectivity index (χ2v) is 6.00. The molecule has 1 N–H and O–H groups in total. The highest BCUT2D eigenvalue weighted by Crippen LogP contribution is 2.15. The molecule has 0 unspecified atom stereocenters. The third-order valence-electron chi connectivity index (χ3n) is 2.76. The first-order chi connectivity index (χ1) is 9.25. The molecule has 0 amide bonds. The molecular formula is C15H21NO2S. The monoisotopic (exact) mass is 279 g/mol. The molecule has 2 rings (SSSR count). The molecule has 2 aromatic heterocycles. The van der Waals surface area contributed by atoms with Crippen molar-refractivity contribution in [2.75, 3.05) is 6.54 Å². The van der Waals surface area contributed by atoms with Gasteiger partial charge in [0.05, 0.1) is 26.0 Å². The normalized spacial score (nSPS) is 11.3. The van der Waals surface area contributed by atoms with E-state index in [4.69, 9.17) is 9.15 Å². The van der Waals surface area contributed by atoms with Gasteiger partial charge < -0.3 is 14.5 Å². The van der Waals surface area contributed by atoms with Gasteiger partial charge in [0.25, 0.3) is 0 Å². The van der Waals surface area contributed by atoms with E-state index in [1.807, 2.05) is 12.1 Å². The summed E-state index contributed by atoms with van der Waals surface area (Å²) >= 11 is 1.72. The van der Waals surface area contributed by atoms with Crippen LogP contribution in [0.1, 0.15) is 30.0 Å². The molecule has 2 heterocycles. The lowest BCUT2D eigenvalue weighted by atomic mass is 10.2. The third-order valence-corrected chi connectivity index (χ3v) is 3.61. The van der Waals surface area contributed by atoms with Gasteiger partial charge in [-0.15, -0.1) is 11.3 Å². The molecule has 2 aromatic rings.